The van der Waals surface area contributed by atoms with Gasteiger partial charge in [0.15, 0.2) is 0 Å². The van der Waals surface area contributed by atoms with E-state index in [-0.39, 0.29) is 18.0 Å². The molecule has 31 heavy (non-hydrogen) atoms. The zero-order chi connectivity index (χ0) is 22.3. The molecule has 4 aliphatic rings. The van der Waals surface area contributed by atoms with Gasteiger partial charge in [0.2, 0.25) is 5.91 Å². The molecule has 164 valence electrons. The number of fused-ring (bicyclic) bond motifs is 2. The number of carbonyl (C=O) groups excluding carboxylic acids is 1. The van der Waals surface area contributed by atoms with Gasteiger partial charge >= 0.3 is 6.18 Å². The van der Waals surface area contributed by atoms with Crippen molar-refractivity contribution in [2.75, 3.05) is 18.6 Å². The highest BCUT2D eigenvalue weighted by Gasteiger charge is 2.81. The smallest absolute Gasteiger partial charge is 0.399 e. The molecule has 0 aromatic heterocycles. The van der Waals surface area contributed by atoms with Crippen molar-refractivity contribution in [3.8, 4) is 6.07 Å². The standard InChI is InChI=1S/C20H18F3N3O5/c1-18-12-13-17(30-6-5-19(13,31-18)14(15(18)27)25-29-2)26(16(12)28)10-4-3-9(8-24)11(7-10)20(21,22)23/h3-4,7,12-13,15,17,27H,5-6H2,1-2H3/t12-,13+,15-,17+,18+,19-/m1/s1. The molecule has 8 nitrogen and oxygen atoms in total. The Balaban J connectivity index is 1.64. The monoisotopic (exact) mass is 437 g/mol. The lowest BCUT2D eigenvalue weighted by Crippen LogP contribution is -2.59. The number of rotatable bonds is 2. The van der Waals surface area contributed by atoms with Crippen LogP contribution in [0, 0.1) is 23.2 Å². The number of hydrogen-bond acceptors (Lipinski definition) is 7. The molecule has 5 rings (SSSR count). The van der Waals surface area contributed by atoms with Crippen LogP contribution in [0.15, 0.2) is 23.4 Å². The van der Waals surface area contributed by atoms with Gasteiger partial charge in [0.25, 0.3) is 0 Å². The molecule has 1 amide bonds. The predicted molar refractivity (Wildman–Crippen MR) is 97.7 cm³/mol. The van der Waals surface area contributed by atoms with Gasteiger partial charge in [-0.2, -0.15) is 18.4 Å². The Morgan fingerprint density at radius 1 is 1.42 bits per heavy atom. The van der Waals surface area contributed by atoms with Crippen LogP contribution in [0.2, 0.25) is 0 Å². The number of amides is 1. The van der Waals surface area contributed by atoms with E-state index in [1.807, 2.05) is 0 Å². The number of benzene rings is 1. The van der Waals surface area contributed by atoms with Crippen molar-refractivity contribution in [2.45, 2.75) is 43.1 Å². The number of halogens is 3. The Morgan fingerprint density at radius 3 is 2.81 bits per heavy atom. The maximum Gasteiger partial charge on any atom is 0.417 e. The van der Waals surface area contributed by atoms with Gasteiger partial charge in [0.1, 0.15) is 36.4 Å². The average Bonchev–Trinajstić information content (AvgIpc) is 3.26. The second kappa shape index (κ2) is 6.18. The third-order valence-corrected chi connectivity index (χ3v) is 6.88. The van der Waals surface area contributed by atoms with Crippen LogP contribution in [0.4, 0.5) is 18.9 Å². The topological polar surface area (TPSA) is 104 Å². The van der Waals surface area contributed by atoms with E-state index in [4.69, 9.17) is 19.6 Å². The highest BCUT2D eigenvalue weighted by Crippen LogP contribution is 2.64. The van der Waals surface area contributed by atoms with Gasteiger partial charge in [-0.3, -0.25) is 9.69 Å². The Morgan fingerprint density at radius 2 is 2.16 bits per heavy atom. The summed E-state index contributed by atoms with van der Waals surface area (Å²) in [5.41, 5.74) is -3.87. The molecule has 0 radical (unpaired) electrons. The van der Waals surface area contributed by atoms with E-state index in [1.165, 1.54) is 24.1 Å². The Hall–Kier alpha value is -2.68. The second-order valence-corrected chi connectivity index (χ2v) is 8.30. The molecular weight excluding hydrogens is 419 g/mol. The van der Waals surface area contributed by atoms with Crippen molar-refractivity contribution in [3.05, 3.63) is 29.3 Å². The Kier molecular flexibility index (Phi) is 4.04. The van der Waals surface area contributed by atoms with E-state index in [0.29, 0.717) is 6.42 Å². The Bertz CT molecular complexity index is 1050. The van der Waals surface area contributed by atoms with Crippen LogP contribution in [0.3, 0.4) is 0 Å². The first kappa shape index (κ1) is 20.2. The van der Waals surface area contributed by atoms with Crippen LogP contribution < -0.4 is 4.90 Å². The summed E-state index contributed by atoms with van der Waals surface area (Å²) in [4.78, 5) is 19.6. The fraction of sp³-hybridized carbons (Fsp3) is 0.550. The van der Waals surface area contributed by atoms with Gasteiger partial charge in [0, 0.05) is 12.1 Å². The highest BCUT2D eigenvalue weighted by atomic mass is 19.4. The van der Waals surface area contributed by atoms with Gasteiger partial charge in [-0.1, -0.05) is 5.16 Å². The van der Waals surface area contributed by atoms with Crippen LogP contribution in [-0.2, 0) is 25.3 Å². The minimum atomic E-state index is -4.77. The lowest BCUT2D eigenvalue weighted by Gasteiger charge is -2.42. The summed E-state index contributed by atoms with van der Waals surface area (Å²) in [5.74, 6) is -1.93. The number of aliphatic hydroxyl groups is 1. The summed E-state index contributed by atoms with van der Waals surface area (Å²) in [6.45, 7) is 1.74. The normalized spacial score (nSPS) is 39.7. The lowest BCUT2D eigenvalue weighted by molar-refractivity contribution is -0.140. The second-order valence-electron chi connectivity index (χ2n) is 8.30. The number of nitrogens with zero attached hydrogens (tertiary/aromatic N) is 3. The summed E-state index contributed by atoms with van der Waals surface area (Å²) >= 11 is 0. The minimum absolute atomic E-state index is 0.0319. The molecule has 4 saturated heterocycles. The Labute approximate surface area is 174 Å². The first-order chi connectivity index (χ1) is 14.6. The van der Waals surface area contributed by atoms with Crippen LogP contribution >= 0.6 is 0 Å². The molecular formula is C20H18F3N3O5. The molecule has 1 aromatic rings. The van der Waals surface area contributed by atoms with Crippen molar-refractivity contribution < 1.29 is 37.4 Å². The fourth-order valence-corrected chi connectivity index (χ4v) is 5.70. The molecule has 0 unspecified atom stereocenters. The first-order valence-electron chi connectivity index (χ1n) is 9.66. The lowest BCUT2D eigenvalue weighted by atomic mass is 9.64. The summed E-state index contributed by atoms with van der Waals surface area (Å²) in [7, 11) is 1.33. The van der Waals surface area contributed by atoms with E-state index in [9.17, 15) is 23.1 Å². The fourth-order valence-electron chi connectivity index (χ4n) is 5.70. The molecule has 6 atom stereocenters. The number of oxime groups is 1. The van der Waals surface area contributed by atoms with Crippen molar-refractivity contribution in [3.63, 3.8) is 0 Å². The highest BCUT2D eigenvalue weighted by molar-refractivity contribution is 6.08. The maximum atomic E-state index is 13.5. The van der Waals surface area contributed by atoms with E-state index in [1.54, 1.807) is 6.92 Å². The van der Waals surface area contributed by atoms with E-state index >= 15 is 0 Å². The third-order valence-electron chi connectivity index (χ3n) is 6.88. The number of alkyl halides is 3. The summed E-state index contributed by atoms with van der Waals surface area (Å²) in [6.07, 6.45) is -6.56. The number of hydrogen-bond donors (Lipinski definition) is 1. The van der Waals surface area contributed by atoms with E-state index in [0.717, 1.165) is 12.1 Å². The molecule has 11 heteroatoms. The summed E-state index contributed by atoms with van der Waals surface area (Å²) < 4.78 is 52.6. The van der Waals surface area contributed by atoms with Crippen molar-refractivity contribution in [1.29, 1.82) is 5.26 Å². The number of carbonyl (C=O) groups is 1. The molecule has 0 aliphatic carbocycles. The SMILES string of the molecule is CON=C1[C@@H](O)[C@@]2(C)O[C@@]13CCO[C@H]1[C@@H]3[C@@H]2C(=O)N1c1ccc(C#N)c(C(F)(F)F)c1. The molecule has 1 N–H and O–H groups in total. The van der Waals surface area contributed by atoms with Crippen molar-refractivity contribution >= 4 is 17.3 Å². The zero-order valence-corrected chi connectivity index (χ0v) is 16.5. The minimum Gasteiger partial charge on any atom is -0.399 e. The number of ether oxygens (including phenoxy) is 2. The molecule has 4 aliphatic heterocycles. The van der Waals surface area contributed by atoms with Gasteiger partial charge in [-0.05, 0) is 25.1 Å². The largest absolute Gasteiger partial charge is 0.417 e. The molecule has 4 fully saturated rings. The van der Waals surface area contributed by atoms with Gasteiger partial charge in [-0.15, -0.1) is 0 Å². The van der Waals surface area contributed by atoms with Crippen molar-refractivity contribution in [2.24, 2.45) is 17.0 Å². The van der Waals surface area contributed by atoms with Gasteiger partial charge < -0.3 is 19.4 Å². The number of anilines is 1. The molecule has 1 aromatic carbocycles. The first-order valence-corrected chi connectivity index (χ1v) is 9.66. The maximum absolute atomic E-state index is 13.5. The quantitative estimate of drug-likeness (QED) is 0.708. The predicted octanol–water partition coefficient (Wildman–Crippen LogP) is 1.81. The van der Waals surface area contributed by atoms with E-state index in [2.05, 4.69) is 5.16 Å². The third kappa shape index (κ3) is 2.35. The van der Waals surface area contributed by atoms with Crippen LogP contribution in [0.5, 0.6) is 0 Å². The number of aliphatic hydroxyl groups excluding tert-OH is 1. The molecule has 4 heterocycles. The van der Waals surface area contributed by atoms with Crippen LogP contribution in [0.1, 0.15) is 24.5 Å². The van der Waals surface area contributed by atoms with Crippen molar-refractivity contribution in [1.82, 2.24) is 0 Å². The van der Waals surface area contributed by atoms with Crippen LogP contribution in [-0.4, -0.2) is 54.0 Å². The zero-order valence-electron chi connectivity index (χ0n) is 16.5. The van der Waals surface area contributed by atoms with Gasteiger partial charge in [-0.25, -0.2) is 0 Å². The molecule has 1 spiro atoms. The summed E-state index contributed by atoms with van der Waals surface area (Å²) in [6, 6.07) is 4.65. The summed E-state index contributed by atoms with van der Waals surface area (Å²) in [5, 5.41) is 23.9. The van der Waals surface area contributed by atoms with Gasteiger partial charge in [0.05, 0.1) is 35.6 Å². The molecule has 0 saturated carbocycles. The van der Waals surface area contributed by atoms with Crippen LogP contribution in [0.25, 0.3) is 0 Å². The van der Waals surface area contributed by atoms with E-state index < -0.39 is 58.6 Å². The molecule has 2 bridgehead atoms. The average molecular weight is 437 g/mol. The number of nitriles is 1.